The quantitative estimate of drug-likeness (QED) is 0.0222. The van der Waals surface area contributed by atoms with Crippen molar-refractivity contribution in [2.45, 2.75) is 440 Å². The van der Waals surface area contributed by atoms with Crippen LogP contribution in [0.25, 0.3) is 0 Å². The van der Waals surface area contributed by atoms with Crippen LogP contribution < -0.4 is 0 Å². The fourth-order valence-corrected chi connectivity index (χ4v) is 14.2. The fraction of sp³-hybridized carbons (Fsp3) is 0.951. The second kappa shape index (κ2) is 71.0. The number of ether oxygens (including phenoxy) is 4. The van der Waals surface area contributed by atoms with Gasteiger partial charge in [-0.3, -0.25) is 37.3 Å². The summed E-state index contributed by atoms with van der Waals surface area (Å²) in [5.41, 5.74) is 0. The van der Waals surface area contributed by atoms with E-state index in [0.29, 0.717) is 31.6 Å². The number of unbranched alkanes of at least 4 members (excludes halogenated alkanes) is 44. The summed E-state index contributed by atoms with van der Waals surface area (Å²) >= 11 is 0. The van der Waals surface area contributed by atoms with Gasteiger partial charge in [-0.15, -0.1) is 0 Å². The van der Waals surface area contributed by atoms with Gasteiger partial charge in [0.15, 0.2) is 12.2 Å². The van der Waals surface area contributed by atoms with Crippen LogP contribution in [-0.4, -0.2) is 96.7 Å². The number of esters is 4. The van der Waals surface area contributed by atoms with Gasteiger partial charge in [-0.25, -0.2) is 9.13 Å². The lowest BCUT2D eigenvalue weighted by molar-refractivity contribution is -0.161. The smallest absolute Gasteiger partial charge is 0.462 e. The van der Waals surface area contributed by atoms with Crippen LogP contribution in [0.1, 0.15) is 421 Å². The van der Waals surface area contributed by atoms with Crippen molar-refractivity contribution in [2.24, 2.45) is 23.7 Å². The molecule has 0 heterocycles. The third-order valence-electron chi connectivity index (χ3n) is 19.4. The minimum atomic E-state index is -4.96. The molecule has 600 valence electrons. The van der Waals surface area contributed by atoms with E-state index in [0.717, 1.165) is 114 Å². The third kappa shape index (κ3) is 74.7. The molecule has 19 heteroatoms. The van der Waals surface area contributed by atoms with Crippen molar-refractivity contribution in [2.75, 3.05) is 39.6 Å². The van der Waals surface area contributed by atoms with E-state index in [1.54, 1.807) is 0 Å². The first-order chi connectivity index (χ1) is 48.6. The molecule has 0 bridgehead atoms. The van der Waals surface area contributed by atoms with Gasteiger partial charge in [0.1, 0.15) is 19.3 Å². The molecule has 3 N–H and O–H groups in total. The molecule has 3 unspecified atom stereocenters. The summed E-state index contributed by atoms with van der Waals surface area (Å²) in [6.07, 6.45) is 58.5. The summed E-state index contributed by atoms with van der Waals surface area (Å²) in [6.45, 7) is 14.2. The molecule has 0 radical (unpaired) electrons. The fourth-order valence-electron chi connectivity index (χ4n) is 12.6. The second-order valence-corrected chi connectivity index (χ2v) is 34.1. The Morgan fingerprint density at radius 1 is 0.277 bits per heavy atom. The van der Waals surface area contributed by atoms with Crippen molar-refractivity contribution in [3.63, 3.8) is 0 Å². The van der Waals surface area contributed by atoms with Gasteiger partial charge in [0.05, 0.1) is 26.4 Å². The zero-order chi connectivity index (χ0) is 74.6. The molecule has 0 amide bonds. The number of rotatable bonds is 79. The molecule has 0 fully saturated rings. The SMILES string of the molecule is CCC(C)CCCCCCCCCCCCCCCCC(=O)OC[C@H](COP(=O)(O)OC[C@@H](O)COP(=O)(O)OC[C@@H](COC(=O)CCCCCCCCC(C)C)OC(=O)CCCCCCCCCCCCC(C)C)OC(=O)CCCCCCCCCCCCCCCCCCCCC(C)C. The number of phosphoric ester groups is 2. The van der Waals surface area contributed by atoms with Gasteiger partial charge in [0.25, 0.3) is 0 Å². The molecule has 101 heavy (non-hydrogen) atoms. The van der Waals surface area contributed by atoms with Crippen molar-refractivity contribution in [1.29, 1.82) is 0 Å². The van der Waals surface area contributed by atoms with Crippen molar-refractivity contribution in [3.05, 3.63) is 0 Å². The molecule has 6 atom stereocenters. The molecule has 0 spiro atoms. The Labute approximate surface area is 619 Å². The zero-order valence-corrected chi connectivity index (χ0v) is 68.3. The average Bonchev–Trinajstić information content (AvgIpc) is 0.965. The number of carbonyl (C=O) groups is 4. The van der Waals surface area contributed by atoms with Crippen LogP contribution in [0.5, 0.6) is 0 Å². The van der Waals surface area contributed by atoms with Crippen LogP contribution in [-0.2, 0) is 65.4 Å². The molecule has 0 saturated heterocycles. The standard InChI is InChI=1S/C82H160O17P2/c1-9-75(8)61-53-45-36-30-23-19-16-17-20-24-31-37-46-54-62-79(84)92-68-77(98-81(86)64-56-48-38-32-25-21-15-13-11-10-12-14-18-22-28-34-42-50-58-72(2)3)70-96-100(88,89)94-66-76(83)67-95-101(90,91)97-71-78(69-93-80(85)63-55-47-41-40-44-52-60-74(6)7)99-82(87)65-57-49-39-33-27-26-29-35-43-51-59-73(4)5/h72-78,83H,9-71H2,1-8H3,(H,88,89)(H,90,91)/t75?,76-,77-,78-/m1/s1. The summed E-state index contributed by atoms with van der Waals surface area (Å²) in [5, 5.41) is 10.6. The Morgan fingerprint density at radius 2 is 0.475 bits per heavy atom. The second-order valence-electron chi connectivity index (χ2n) is 31.2. The van der Waals surface area contributed by atoms with E-state index < -0.39 is 97.5 Å². The molecule has 0 aromatic heterocycles. The Bertz CT molecular complexity index is 1970. The van der Waals surface area contributed by atoms with Crippen molar-refractivity contribution < 1.29 is 80.2 Å². The predicted molar refractivity (Wildman–Crippen MR) is 414 cm³/mol. The first-order valence-electron chi connectivity index (χ1n) is 42.2. The van der Waals surface area contributed by atoms with Gasteiger partial charge in [0.2, 0.25) is 0 Å². The lowest BCUT2D eigenvalue weighted by atomic mass is 9.99. The van der Waals surface area contributed by atoms with Crippen LogP contribution >= 0.6 is 15.6 Å². The highest BCUT2D eigenvalue weighted by molar-refractivity contribution is 7.47. The van der Waals surface area contributed by atoms with Crippen LogP contribution in [0.2, 0.25) is 0 Å². The highest BCUT2D eigenvalue weighted by Crippen LogP contribution is 2.45. The van der Waals surface area contributed by atoms with E-state index in [1.165, 1.54) is 218 Å². The number of phosphoric acid groups is 2. The molecule has 0 aromatic rings. The van der Waals surface area contributed by atoms with Gasteiger partial charge in [-0.05, 0) is 49.4 Å². The Hall–Kier alpha value is -1.94. The number of hydrogen-bond acceptors (Lipinski definition) is 15. The first kappa shape index (κ1) is 99.1. The first-order valence-corrected chi connectivity index (χ1v) is 45.2. The number of aliphatic hydroxyl groups excluding tert-OH is 1. The summed E-state index contributed by atoms with van der Waals surface area (Å²) in [7, 11) is -9.92. The average molecular weight is 1480 g/mol. The normalized spacial score (nSPS) is 14.3. The van der Waals surface area contributed by atoms with E-state index in [1.807, 2.05) is 0 Å². The van der Waals surface area contributed by atoms with E-state index in [4.69, 9.17) is 37.0 Å². The summed E-state index contributed by atoms with van der Waals surface area (Å²) in [5.74, 6) is 0.986. The minimum absolute atomic E-state index is 0.105. The molecule has 0 aliphatic heterocycles. The summed E-state index contributed by atoms with van der Waals surface area (Å²) in [4.78, 5) is 73.0. The monoisotopic (exact) mass is 1480 g/mol. The molecule has 0 aliphatic carbocycles. The van der Waals surface area contributed by atoms with Crippen LogP contribution in [0.3, 0.4) is 0 Å². The lowest BCUT2D eigenvalue weighted by Crippen LogP contribution is -2.30. The maximum atomic E-state index is 13.1. The van der Waals surface area contributed by atoms with Gasteiger partial charge in [0, 0.05) is 25.7 Å². The van der Waals surface area contributed by atoms with E-state index in [-0.39, 0.29) is 25.7 Å². The molecule has 0 saturated carbocycles. The molecule has 0 aliphatic rings. The topological polar surface area (TPSA) is 237 Å². The molecule has 0 aromatic carbocycles. The Kier molecular flexibility index (Phi) is 69.6. The molecular weight excluding hydrogens is 1320 g/mol. The number of hydrogen-bond donors (Lipinski definition) is 3. The van der Waals surface area contributed by atoms with Crippen LogP contribution in [0, 0.1) is 23.7 Å². The van der Waals surface area contributed by atoms with Crippen molar-refractivity contribution in [1.82, 2.24) is 0 Å². The minimum Gasteiger partial charge on any atom is -0.462 e. The number of carbonyl (C=O) groups excluding carboxylic acids is 4. The summed E-state index contributed by atoms with van der Waals surface area (Å²) in [6, 6.07) is 0. The molecular formula is C82H160O17P2. The number of aliphatic hydroxyl groups is 1. The highest BCUT2D eigenvalue weighted by atomic mass is 31.2. The van der Waals surface area contributed by atoms with Gasteiger partial charge >= 0.3 is 39.5 Å². The maximum Gasteiger partial charge on any atom is 0.472 e. The summed E-state index contributed by atoms with van der Waals surface area (Å²) < 4.78 is 68.7. The molecule has 0 rings (SSSR count). The third-order valence-corrected chi connectivity index (χ3v) is 21.3. The maximum absolute atomic E-state index is 13.1. The predicted octanol–water partition coefficient (Wildman–Crippen LogP) is 24.4. The highest BCUT2D eigenvalue weighted by Gasteiger charge is 2.30. The van der Waals surface area contributed by atoms with Gasteiger partial charge in [-0.1, -0.05) is 370 Å². The van der Waals surface area contributed by atoms with Gasteiger partial charge in [-0.2, -0.15) is 0 Å². The van der Waals surface area contributed by atoms with E-state index >= 15 is 0 Å². The Morgan fingerprint density at radius 3 is 0.703 bits per heavy atom. The van der Waals surface area contributed by atoms with Crippen LogP contribution in [0.4, 0.5) is 0 Å². The van der Waals surface area contributed by atoms with E-state index in [9.17, 15) is 43.2 Å². The zero-order valence-electron chi connectivity index (χ0n) is 66.5. The van der Waals surface area contributed by atoms with Crippen molar-refractivity contribution >= 4 is 39.5 Å². The van der Waals surface area contributed by atoms with Crippen molar-refractivity contribution in [3.8, 4) is 0 Å². The van der Waals surface area contributed by atoms with Gasteiger partial charge < -0.3 is 33.8 Å². The molecule has 17 nitrogen and oxygen atoms in total. The van der Waals surface area contributed by atoms with E-state index in [2.05, 4.69) is 55.4 Å². The van der Waals surface area contributed by atoms with Crippen LogP contribution in [0.15, 0.2) is 0 Å². The lowest BCUT2D eigenvalue weighted by Gasteiger charge is -2.21. The largest absolute Gasteiger partial charge is 0.472 e. The Balaban J connectivity index is 5.21.